The van der Waals surface area contributed by atoms with Crippen LogP contribution in [0.15, 0.2) is 30.3 Å². The Hall–Kier alpha value is -0.860. The lowest BCUT2D eigenvalue weighted by Crippen LogP contribution is -2.42. The van der Waals surface area contributed by atoms with Crippen LogP contribution in [0.4, 0.5) is 0 Å². The van der Waals surface area contributed by atoms with Crippen LogP contribution in [-0.2, 0) is 6.42 Å². The normalized spacial score (nSPS) is 12.5. The highest BCUT2D eigenvalue weighted by atomic mass is 16.0. The van der Waals surface area contributed by atoms with Gasteiger partial charge in [-0.1, -0.05) is 140 Å². The molecule has 0 radical (unpaired) electrons. The molecule has 0 aliphatic carbocycles. The van der Waals surface area contributed by atoms with E-state index in [0.717, 1.165) is 6.42 Å². The topological polar surface area (TPSA) is 57.5 Å². The predicted octanol–water partition coefficient (Wildman–Crippen LogP) is 8.41. The first-order valence-electron chi connectivity index (χ1n) is 13.4. The van der Waals surface area contributed by atoms with Crippen molar-refractivity contribution in [1.82, 2.24) is 0 Å². The smallest absolute Gasteiger partial charge is 0.0129 e. The molecule has 0 aliphatic rings. The fourth-order valence-electron chi connectivity index (χ4n) is 4.57. The van der Waals surface area contributed by atoms with Crippen LogP contribution in [-0.4, -0.2) is 11.0 Å². The average Bonchev–Trinajstić information content (AvgIpc) is 2.72. The minimum absolute atomic E-state index is 0. The average molecular weight is 434 g/mol. The number of nitrogens with two attached hydrogens (primary N) is 1. The minimum atomic E-state index is -0.0919. The van der Waals surface area contributed by atoms with Gasteiger partial charge in [-0.05, 0) is 38.2 Å². The molecule has 0 fully saturated rings. The number of hydrogen-bond donors (Lipinski definition) is 1. The highest BCUT2D eigenvalue weighted by Crippen LogP contribution is 2.25. The molecule has 0 amide bonds. The van der Waals surface area contributed by atoms with Gasteiger partial charge in [0.25, 0.3) is 0 Å². The van der Waals surface area contributed by atoms with E-state index in [1.165, 1.54) is 115 Å². The highest BCUT2D eigenvalue weighted by Gasteiger charge is 2.24. The lowest BCUT2D eigenvalue weighted by Gasteiger charge is -2.31. The van der Waals surface area contributed by atoms with Crippen molar-refractivity contribution in [2.45, 2.75) is 142 Å². The molecule has 31 heavy (non-hydrogen) atoms. The largest absolute Gasteiger partial charge is 0.412 e. The summed E-state index contributed by atoms with van der Waals surface area (Å²) in [7, 11) is 0. The van der Waals surface area contributed by atoms with Crippen molar-refractivity contribution in [2.75, 3.05) is 0 Å². The van der Waals surface area contributed by atoms with E-state index in [-0.39, 0.29) is 11.0 Å². The lowest BCUT2D eigenvalue weighted by atomic mass is 9.80. The van der Waals surface area contributed by atoms with Gasteiger partial charge in [0.05, 0.1) is 0 Å². The summed E-state index contributed by atoms with van der Waals surface area (Å²) >= 11 is 0. The molecule has 0 heterocycles. The molecule has 0 saturated carbocycles. The Morgan fingerprint density at radius 1 is 0.645 bits per heavy atom. The fraction of sp³-hybridized carbons (Fsp3) is 0.793. The van der Waals surface area contributed by atoms with Gasteiger partial charge in [-0.2, -0.15) is 0 Å². The summed E-state index contributed by atoms with van der Waals surface area (Å²) in [4.78, 5) is 0. The molecule has 1 aromatic rings. The Kier molecular flexibility index (Phi) is 19.2. The summed E-state index contributed by atoms with van der Waals surface area (Å²) in [5.74, 6) is 0.576. The first-order chi connectivity index (χ1) is 14.5. The van der Waals surface area contributed by atoms with Gasteiger partial charge in [-0.15, -0.1) is 0 Å². The molecule has 0 aliphatic heterocycles. The van der Waals surface area contributed by atoms with Crippen LogP contribution in [0, 0.1) is 5.92 Å². The Morgan fingerprint density at radius 2 is 1.03 bits per heavy atom. The number of rotatable bonds is 20. The number of benzene rings is 1. The molecule has 2 nitrogen and oxygen atoms in total. The van der Waals surface area contributed by atoms with Gasteiger partial charge in [0.2, 0.25) is 0 Å². The molecule has 0 aromatic heterocycles. The highest BCUT2D eigenvalue weighted by molar-refractivity contribution is 5.16. The molecule has 0 saturated heterocycles. The van der Waals surface area contributed by atoms with Crippen LogP contribution >= 0.6 is 0 Å². The SMILES string of the molecule is CCCCCCCCCCCCCCCCCCC(Cc1ccccc1)C(C)(C)N.O. The van der Waals surface area contributed by atoms with E-state index < -0.39 is 0 Å². The molecule has 1 atom stereocenters. The number of unbranched alkanes of at least 4 members (excludes halogenated alkanes) is 15. The van der Waals surface area contributed by atoms with E-state index >= 15 is 0 Å². The van der Waals surface area contributed by atoms with E-state index in [0.29, 0.717) is 5.92 Å². The Balaban J connectivity index is 0.00000900. The fourth-order valence-corrected chi connectivity index (χ4v) is 4.57. The Labute approximate surface area is 195 Å². The molecule has 4 N–H and O–H groups in total. The Morgan fingerprint density at radius 3 is 1.42 bits per heavy atom. The van der Waals surface area contributed by atoms with Gasteiger partial charge in [-0.25, -0.2) is 0 Å². The molecular formula is C29H55NO. The minimum Gasteiger partial charge on any atom is -0.412 e. The van der Waals surface area contributed by atoms with Crippen molar-refractivity contribution in [3.8, 4) is 0 Å². The zero-order valence-electron chi connectivity index (χ0n) is 21.3. The van der Waals surface area contributed by atoms with E-state index in [9.17, 15) is 0 Å². The number of hydrogen-bond acceptors (Lipinski definition) is 1. The van der Waals surface area contributed by atoms with Crippen molar-refractivity contribution in [1.29, 1.82) is 0 Å². The maximum atomic E-state index is 6.49. The summed E-state index contributed by atoms with van der Waals surface area (Å²) in [6.07, 6.45) is 25.3. The van der Waals surface area contributed by atoms with Gasteiger partial charge in [0.15, 0.2) is 0 Å². The van der Waals surface area contributed by atoms with Crippen LogP contribution in [0.2, 0.25) is 0 Å². The lowest BCUT2D eigenvalue weighted by molar-refractivity contribution is 0.290. The second-order valence-corrected chi connectivity index (χ2v) is 10.3. The van der Waals surface area contributed by atoms with Crippen molar-refractivity contribution in [2.24, 2.45) is 11.7 Å². The summed E-state index contributed by atoms with van der Waals surface area (Å²) in [6.45, 7) is 6.70. The van der Waals surface area contributed by atoms with Crippen LogP contribution in [0.1, 0.15) is 135 Å². The third-order valence-corrected chi connectivity index (χ3v) is 6.78. The zero-order chi connectivity index (χ0) is 21.9. The Bertz CT molecular complexity index is 479. The van der Waals surface area contributed by atoms with E-state index in [1.807, 2.05) is 0 Å². The maximum absolute atomic E-state index is 6.49. The van der Waals surface area contributed by atoms with Crippen molar-refractivity contribution in [3.05, 3.63) is 35.9 Å². The predicted molar refractivity (Wildman–Crippen MR) is 140 cm³/mol. The third kappa shape index (κ3) is 17.4. The second kappa shape index (κ2) is 19.8. The first-order valence-corrected chi connectivity index (χ1v) is 13.4. The van der Waals surface area contributed by atoms with Gasteiger partial charge in [0.1, 0.15) is 0 Å². The van der Waals surface area contributed by atoms with Gasteiger partial charge in [-0.3, -0.25) is 0 Å². The molecule has 1 rings (SSSR count). The molecule has 0 bridgehead atoms. The standard InChI is InChI=1S/C29H53N.H2O/c1-4-5-6-7-8-9-10-11-12-13-14-15-16-17-18-22-25-28(29(2,3)30)26-27-23-20-19-21-24-27;/h19-21,23-24,28H,4-18,22,25-26,30H2,1-3H3;1H2. The molecule has 2 heteroatoms. The van der Waals surface area contributed by atoms with Crippen LogP contribution in [0.5, 0.6) is 0 Å². The van der Waals surface area contributed by atoms with E-state index in [4.69, 9.17) is 5.73 Å². The van der Waals surface area contributed by atoms with Gasteiger partial charge in [0, 0.05) is 5.54 Å². The van der Waals surface area contributed by atoms with Crippen LogP contribution < -0.4 is 5.73 Å². The molecule has 1 unspecified atom stereocenters. The first kappa shape index (κ1) is 30.1. The second-order valence-electron chi connectivity index (χ2n) is 10.3. The van der Waals surface area contributed by atoms with Crippen LogP contribution in [0.3, 0.4) is 0 Å². The van der Waals surface area contributed by atoms with Gasteiger partial charge >= 0.3 is 0 Å². The maximum Gasteiger partial charge on any atom is 0.0129 e. The zero-order valence-corrected chi connectivity index (χ0v) is 21.3. The monoisotopic (exact) mass is 433 g/mol. The van der Waals surface area contributed by atoms with E-state index in [2.05, 4.69) is 51.1 Å². The van der Waals surface area contributed by atoms with Gasteiger partial charge < -0.3 is 11.2 Å². The molecular weight excluding hydrogens is 378 g/mol. The van der Waals surface area contributed by atoms with Crippen LogP contribution in [0.25, 0.3) is 0 Å². The molecule has 0 spiro atoms. The van der Waals surface area contributed by atoms with Crippen molar-refractivity contribution in [3.63, 3.8) is 0 Å². The van der Waals surface area contributed by atoms with Crippen molar-refractivity contribution >= 4 is 0 Å². The summed E-state index contributed by atoms with van der Waals surface area (Å²) < 4.78 is 0. The summed E-state index contributed by atoms with van der Waals surface area (Å²) in [5.41, 5.74) is 7.83. The quantitative estimate of drug-likeness (QED) is 0.206. The third-order valence-electron chi connectivity index (χ3n) is 6.78. The summed E-state index contributed by atoms with van der Waals surface area (Å²) in [6, 6.07) is 10.9. The summed E-state index contributed by atoms with van der Waals surface area (Å²) in [5, 5.41) is 0. The van der Waals surface area contributed by atoms with E-state index in [1.54, 1.807) is 0 Å². The van der Waals surface area contributed by atoms with Crippen molar-refractivity contribution < 1.29 is 5.48 Å². The molecule has 182 valence electrons. The molecule has 1 aromatic carbocycles.